The van der Waals surface area contributed by atoms with Crippen molar-refractivity contribution in [3.8, 4) is 0 Å². The summed E-state index contributed by atoms with van der Waals surface area (Å²) >= 11 is 1.06. The Hall–Kier alpha value is -0.820. The molecule has 0 spiro atoms. The number of nitrogens with zero attached hydrogens (tertiary/aromatic N) is 1. The molecule has 1 aromatic heterocycles. The monoisotopic (exact) mass is 241 g/mol. The van der Waals surface area contributed by atoms with Crippen LogP contribution in [0.25, 0.3) is 0 Å². The van der Waals surface area contributed by atoms with E-state index in [4.69, 9.17) is 0 Å². The van der Waals surface area contributed by atoms with Gasteiger partial charge in [0, 0.05) is 24.7 Å². The molecule has 86 valence electrons. The molecule has 1 heterocycles. The third-order valence-corrected chi connectivity index (χ3v) is 2.29. The quantitative estimate of drug-likeness (QED) is 0.737. The summed E-state index contributed by atoms with van der Waals surface area (Å²) in [5.74, 6) is 0. The Morgan fingerprint density at radius 1 is 1.47 bits per heavy atom. The normalized spacial score (nSPS) is 11.9. The Morgan fingerprint density at radius 2 is 2.20 bits per heavy atom. The van der Waals surface area contributed by atoms with Gasteiger partial charge in [-0.25, -0.2) is 0 Å². The second-order valence-electron chi connectivity index (χ2n) is 2.88. The number of aromatic nitrogens is 1. The summed E-state index contributed by atoms with van der Waals surface area (Å²) < 4.78 is 40.8. The minimum absolute atomic E-state index is 0.00178. The van der Waals surface area contributed by atoms with Crippen LogP contribution in [0.4, 0.5) is 13.2 Å². The van der Waals surface area contributed by atoms with Gasteiger partial charge in [-0.1, -0.05) is 11.3 Å². The summed E-state index contributed by atoms with van der Waals surface area (Å²) in [4.78, 5) is 10.9. The van der Waals surface area contributed by atoms with Crippen LogP contribution in [0.5, 0.6) is 0 Å². The topological polar surface area (TPSA) is 31.2 Å². The Bertz CT molecular complexity index is 344. The second-order valence-corrected chi connectivity index (χ2v) is 3.74. The molecule has 1 rings (SSSR count). The van der Waals surface area contributed by atoms with Crippen LogP contribution in [0.15, 0.2) is 16.4 Å². The van der Waals surface area contributed by atoms with Crippen molar-refractivity contribution in [2.45, 2.75) is 19.1 Å². The largest absolute Gasteiger partial charge is 0.411 e. The molecule has 1 aromatic rings. The zero-order valence-corrected chi connectivity index (χ0v) is 8.61. The minimum atomic E-state index is -4.28. The van der Waals surface area contributed by atoms with E-state index in [1.54, 1.807) is 11.6 Å². The molecule has 0 saturated carbocycles. The lowest BCUT2D eigenvalue weighted by Crippen LogP contribution is -2.18. The molecule has 0 aliphatic rings. The van der Waals surface area contributed by atoms with Crippen molar-refractivity contribution >= 4 is 11.3 Å². The van der Waals surface area contributed by atoms with E-state index >= 15 is 0 Å². The molecule has 0 bridgehead atoms. The zero-order chi connectivity index (χ0) is 11.3. The molecule has 0 radical (unpaired) electrons. The second kappa shape index (κ2) is 5.32. The Labute approximate surface area is 88.1 Å². The van der Waals surface area contributed by atoms with Gasteiger partial charge in [0.1, 0.15) is 6.61 Å². The van der Waals surface area contributed by atoms with Crippen LogP contribution in [-0.2, 0) is 11.3 Å². The highest BCUT2D eigenvalue weighted by Gasteiger charge is 2.27. The van der Waals surface area contributed by atoms with Gasteiger partial charge in [-0.2, -0.15) is 13.2 Å². The summed E-state index contributed by atoms with van der Waals surface area (Å²) in [6, 6.07) is 0. The van der Waals surface area contributed by atoms with Gasteiger partial charge in [0.05, 0.1) is 0 Å². The van der Waals surface area contributed by atoms with E-state index in [1.807, 2.05) is 0 Å². The van der Waals surface area contributed by atoms with Gasteiger partial charge >= 0.3 is 11.0 Å². The summed E-state index contributed by atoms with van der Waals surface area (Å²) in [5.41, 5.74) is 0. The van der Waals surface area contributed by atoms with Crippen LogP contribution < -0.4 is 4.87 Å². The highest BCUT2D eigenvalue weighted by molar-refractivity contribution is 7.07. The minimum Gasteiger partial charge on any atom is -0.372 e. The lowest BCUT2D eigenvalue weighted by atomic mass is 10.4. The van der Waals surface area contributed by atoms with E-state index in [2.05, 4.69) is 4.74 Å². The SMILES string of the molecule is O=c1sccn1CCCOCC(F)(F)F. The lowest BCUT2D eigenvalue weighted by Gasteiger charge is -2.07. The van der Waals surface area contributed by atoms with Gasteiger partial charge < -0.3 is 9.30 Å². The highest BCUT2D eigenvalue weighted by Crippen LogP contribution is 2.14. The average Bonchev–Trinajstić information content (AvgIpc) is 2.49. The lowest BCUT2D eigenvalue weighted by molar-refractivity contribution is -0.174. The number of hydrogen-bond donors (Lipinski definition) is 0. The van der Waals surface area contributed by atoms with Gasteiger partial charge in [-0.15, -0.1) is 0 Å². The first-order chi connectivity index (χ1) is 6.99. The van der Waals surface area contributed by atoms with Crippen molar-refractivity contribution in [1.82, 2.24) is 4.57 Å². The molecule has 0 fully saturated rings. The molecule has 0 aliphatic heterocycles. The number of thiazole rings is 1. The smallest absolute Gasteiger partial charge is 0.372 e. The molecule has 0 atom stereocenters. The summed E-state index contributed by atoms with van der Waals surface area (Å²) in [7, 11) is 0. The van der Waals surface area contributed by atoms with Crippen molar-refractivity contribution < 1.29 is 17.9 Å². The van der Waals surface area contributed by atoms with Crippen LogP contribution in [0, 0.1) is 0 Å². The third-order valence-electron chi connectivity index (χ3n) is 1.60. The van der Waals surface area contributed by atoms with E-state index in [1.165, 1.54) is 4.57 Å². The Morgan fingerprint density at radius 3 is 2.73 bits per heavy atom. The van der Waals surface area contributed by atoms with E-state index in [0.29, 0.717) is 13.0 Å². The molecular formula is C8H10F3NO2S. The zero-order valence-electron chi connectivity index (χ0n) is 7.79. The molecular weight excluding hydrogens is 231 g/mol. The van der Waals surface area contributed by atoms with Crippen molar-refractivity contribution in [3.05, 3.63) is 21.2 Å². The standard InChI is InChI=1S/C8H10F3NO2S/c9-8(10,11)6-14-4-1-2-12-3-5-15-7(12)13/h3,5H,1-2,4,6H2. The van der Waals surface area contributed by atoms with Crippen molar-refractivity contribution in [1.29, 1.82) is 0 Å². The Kier molecular flexibility index (Phi) is 4.34. The number of rotatable bonds is 5. The predicted octanol–water partition coefficient (Wildman–Crippen LogP) is 1.88. The van der Waals surface area contributed by atoms with Crippen molar-refractivity contribution in [2.75, 3.05) is 13.2 Å². The fourth-order valence-corrected chi connectivity index (χ4v) is 1.59. The highest BCUT2D eigenvalue weighted by atomic mass is 32.1. The fraction of sp³-hybridized carbons (Fsp3) is 0.625. The molecule has 0 unspecified atom stereocenters. The number of alkyl halides is 3. The van der Waals surface area contributed by atoms with Gasteiger partial charge in [0.2, 0.25) is 0 Å². The first-order valence-electron chi connectivity index (χ1n) is 4.27. The third kappa shape index (κ3) is 4.98. The van der Waals surface area contributed by atoms with Crippen LogP contribution in [0.2, 0.25) is 0 Å². The van der Waals surface area contributed by atoms with Gasteiger partial charge in [0.15, 0.2) is 0 Å². The van der Waals surface area contributed by atoms with Gasteiger partial charge in [0.25, 0.3) is 0 Å². The van der Waals surface area contributed by atoms with Crippen LogP contribution >= 0.6 is 11.3 Å². The van der Waals surface area contributed by atoms with Crippen LogP contribution in [0.1, 0.15) is 6.42 Å². The summed E-state index contributed by atoms with van der Waals surface area (Å²) in [6.45, 7) is -0.840. The molecule has 0 aromatic carbocycles. The fourth-order valence-electron chi connectivity index (χ4n) is 0.981. The maximum atomic E-state index is 11.6. The number of ether oxygens (including phenoxy) is 1. The van der Waals surface area contributed by atoms with Crippen molar-refractivity contribution in [3.63, 3.8) is 0 Å². The molecule has 15 heavy (non-hydrogen) atoms. The summed E-state index contributed by atoms with van der Waals surface area (Å²) in [5, 5.41) is 1.64. The van der Waals surface area contributed by atoms with Crippen molar-refractivity contribution in [2.24, 2.45) is 0 Å². The number of halogens is 3. The molecule has 7 heteroatoms. The summed E-state index contributed by atoms with van der Waals surface area (Å²) in [6.07, 6.45) is -2.28. The molecule has 0 saturated heterocycles. The van der Waals surface area contributed by atoms with E-state index in [-0.39, 0.29) is 11.5 Å². The predicted molar refractivity (Wildman–Crippen MR) is 50.1 cm³/mol. The van der Waals surface area contributed by atoms with E-state index < -0.39 is 12.8 Å². The first-order valence-corrected chi connectivity index (χ1v) is 5.15. The van der Waals surface area contributed by atoms with Gasteiger partial charge in [-0.05, 0) is 6.42 Å². The van der Waals surface area contributed by atoms with E-state index in [0.717, 1.165) is 11.3 Å². The molecule has 0 amide bonds. The van der Waals surface area contributed by atoms with Crippen LogP contribution in [0.3, 0.4) is 0 Å². The number of hydrogen-bond acceptors (Lipinski definition) is 3. The Balaban J connectivity index is 2.13. The molecule has 0 aliphatic carbocycles. The molecule has 3 nitrogen and oxygen atoms in total. The maximum absolute atomic E-state index is 11.6. The van der Waals surface area contributed by atoms with E-state index in [9.17, 15) is 18.0 Å². The van der Waals surface area contributed by atoms with Crippen LogP contribution in [-0.4, -0.2) is 24.0 Å². The average molecular weight is 241 g/mol. The first kappa shape index (κ1) is 12.3. The molecule has 0 N–H and O–H groups in total. The van der Waals surface area contributed by atoms with Gasteiger partial charge in [-0.3, -0.25) is 4.79 Å². The number of aryl methyl sites for hydroxylation is 1. The maximum Gasteiger partial charge on any atom is 0.411 e.